The molecule has 0 aliphatic rings. The summed E-state index contributed by atoms with van der Waals surface area (Å²) in [4.78, 5) is 2.44. The van der Waals surface area contributed by atoms with Gasteiger partial charge in [-0.2, -0.15) is 0 Å². The van der Waals surface area contributed by atoms with Crippen molar-refractivity contribution in [2.24, 2.45) is 0 Å². The lowest BCUT2D eigenvalue weighted by molar-refractivity contribution is 0.267. The standard InChI is InChI=1S/C15H26N2O/c1-5-16-15(12-17(6-2)7-3)13-8-10-14(18-4)11-9-13/h8-11,15-16H,5-7,12H2,1-4H3. The van der Waals surface area contributed by atoms with E-state index in [-0.39, 0.29) is 0 Å². The van der Waals surface area contributed by atoms with E-state index in [1.54, 1.807) is 7.11 Å². The SMILES string of the molecule is CCNC(CN(CC)CC)c1ccc(OC)cc1. The van der Waals surface area contributed by atoms with Crippen molar-refractivity contribution in [3.8, 4) is 5.75 Å². The van der Waals surface area contributed by atoms with Crippen molar-refractivity contribution in [1.82, 2.24) is 10.2 Å². The zero-order valence-electron chi connectivity index (χ0n) is 12.1. The molecule has 18 heavy (non-hydrogen) atoms. The largest absolute Gasteiger partial charge is 0.497 e. The Hall–Kier alpha value is -1.06. The molecule has 1 N–H and O–H groups in total. The zero-order chi connectivity index (χ0) is 13.4. The molecule has 0 aromatic heterocycles. The van der Waals surface area contributed by atoms with E-state index in [0.29, 0.717) is 6.04 Å². The summed E-state index contributed by atoms with van der Waals surface area (Å²) in [7, 11) is 1.70. The van der Waals surface area contributed by atoms with Crippen LogP contribution in [0.25, 0.3) is 0 Å². The van der Waals surface area contributed by atoms with Crippen LogP contribution in [0.4, 0.5) is 0 Å². The van der Waals surface area contributed by atoms with E-state index in [9.17, 15) is 0 Å². The molecule has 1 aromatic carbocycles. The third-order valence-corrected chi connectivity index (χ3v) is 3.30. The van der Waals surface area contributed by atoms with Crippen LogP contribution in [0.3, 0.4) is 0 Å². The van der Waals surface area contributed by atoms with Crippen LogP contribution < -0.4 is 10.1 Å². The van der Waals surface area contributed by atoms with E-state index in [1.165, 1.54) is 5.56 Å². The van der Waals surface area contributed by atoms with Crippen molar-refractivity contribution in [2.45, 2.75) is 26.8 Å². The van der Waals surface area contributed by atoms with Gasteiger partial charge in [-0.15, -0.1) is 0 Å². The first-order valence-electron chi connectivity index (χ1n) is 6.84. The minimum Gasteiger partial charge on any atom is -0.497 e. The molecule has 0 aliphatic heterocycles. The lowest BCUT2D eigenvalue weighted by Gasteiger charge is -2.26. The van der Waals surface area contributed by atoms with Crippen molar-refractivity contribution >= 4 is 0 Å². The Morgan fingerprint density at radius 1 is 1.11 bits per heavy atom. The molecule has 0 spiro atoms. The van der Waals surface area contributed by atoms with Crippen molar-refractivity contribution in [2.75, 3.05) is 33.3 Å². The molecular weight excluding hydrogens is 224 g/mol. The van der Waals surface area contributed by atoms with Crippen LogP contribution in [0.1, 0.15) is 32.4 Å². The van der Waals surface area contributed by atoms with Crippen molar-refractivity contribution < 1.29 is 4.74 Å². The lowest BCUT2D eigenvalue weighted by Crippen LogP contribution is -2.35. The monoisotopic (exact) mass is 250 g/mol. The third kappa shape index (κ3) is 4.31. The smallest absolute Gasteiger partial charge is 0.118 e. The normalized spacial score (nSPS) is 12.7. The number of rotatable bonds is 8. The second-order valence-corrected chi connectivity index (χ2v) is 4.37. The summed E-state index contributed by atoms with van der Waals surface area (Å²) in [6.45, 7) is 10.8. The van der Waals surface area contributed by atoms with Crippen LogP contribution in [-0.4, -0.2) is 38.2 Å². The third-order valence-electron chi connectivity index (χ3n) is 3.30. The predicted molar refractivity (Wildman–Crippen MR) is 77.2 cm³/mol. The first-order valence-corrected chi connectivity index (χ1v) is 6.84. The Labute approximate surface area is 111 Å². The summed E-state index contributed by atoms with van der Waals surface area (Å²) in [5.41, 5.74) is 1.32. The van der Waals surface area contributed by atoms with Crippen molar-refractivity contribution in [3.63, 3.8) is 0 Å². The Balaban J connectivity index is 2.75. The molecule has 0 saturated carbocycles. The fourth-order valence-electron chi connectivity index (χ4n) is 2.11. The zero-order valence-corrected chi connectivity index (χ0v) is 12.1. The van der Waals surface area contributed by atoms with Gasteiger partial charge in [-0.05, 0) is 37.3 Å². The number of hydrogen-bond donors (Lipinski definition) is 1. The Bertz CT molecular complexity index is 320. The van der Waals surface area contributed by atoms with E-state index in [4.69, 9.17) is 4.74 Å². The van der Waals surface area contributed by atoms with Crippen molar-refractivity contribution in [3.05, 3.63) is 29.8 Å². The number of likely N-dealkylation sites (N-methyl/N-ethyl adjacent to an activating group) is 2. The second kappa shape index (κ2) is 8.11. The maximum absolute atomic E-state index is 5.20. The summed E-state index contributed by atoms with van der Waals surface area (Å²) in [5.74, 6) is 0.914. The van der Waals surface area contributed by atoms with Gasteiger partial charge in [-0.25, -0.2) is 0 Å². The first-order chi connectivity index (χ1) is 8.74. The molecule has 1 atom stereocenters. The van der Waals surface area contributed by atoms with Gasteiger partial charge in [0, 0.05) is 12.6 Å². The summed E-state index contributed by atoms with van der Waals surface area (Å²) < 4.78 is 5.20. The van der Waals surface area contributed by atoms with Gasteiger partial charge in [-0.3, -0.25) is 0 Å². The highest BCUT2D eigenvalue weighted by molar-refractivity contribution is 5.29. The summed E-state index contributed by atoms with van der Waals surface area (Å²) in [6.07, 6.45) is 0. The molecule has 3 heteroatoms. The van der Waals surface area contributed by atoms with Gasteiger partial charge in [0.25, 0.3) is 0 Å². The average Bonchev–Trinajstić information content (AvgIpc) is 2.43. The van der Waals surface area contributed by atoms with Gasteiger partial charge in [0.1, 0.15) is 5.75 Å². The lowest BCUT2D eigenvalue weighted by atomic mass is 10.1. The fourth-order valence-corrected chi connectivity index (χ4v) is 2.11. The molecule has 1 aromatic rings. The first kappa shape index (κ1) is 15.0. The Morgan fingerprint density at radius 2 is 1.72 bits per heavy atom. The minimum absolute atomic E-state index is 0.390. The summed E-state index contributed by atoms with van der Waals surface area (Å²) >= 11 is 0. The number of methoxy groups -OCH3 is 1. The highest BCUT2D eigenvalue weighted by atomic mass is 16.5. The van der Waals surface area contributed by atoms with Gasteiger partial charge >= 0.3 is 0 Å². The molecular formula is C15H26N2O. The summed E-state index contributed by atoms with van der Waals surface area (Å²) in [6, 6.07) is 8.75. The number of nitrogens with one attached hydrogen (secondary N) is 1. The van der Waals surface area contributed by atoms with E-state index < -0.39 is 0 Å². The van der Waals surface area contributed by atoms with Gasteiger partial charge < -0.3 is 15.0 Å². The highest BCUT2D eigenvalue weighted by Gasteiger charge is 2.13. The van der Waals surface area contributed by atoms with Crippen LogP contribution in [0, 0.1) is 0 Å². The van der Waals surface area contributed by atoms with Gasteiger partial charge in [0.2, 0.25) is 0 Å². The van der Waals surface area contributed by atoms with Gasteiger partial charge in [-0.1, -0.05) is 32.9 Å². The predicted octanol–water partition coefficient (Wildman–Crippen LogP) is 2.69. The molecule has 3 nitrogen and oxygen atoms in total. The van der Waals surface area contributed by atoms with Crippen LogP contribution in [0.15, 0.2) is 24.3 Å². The maximum Gasteiger partial charge on any atom is 0.118 e. The fraction of sp³-hybridized carbons (Fsp3) is 0.600. The maximum atomic E-state index is 5.20. The van der Waals surface area contributed by atoms with E-state index in [2.05, 4.69) is 43.1 Å². The molecule has 0 radical (unpaired) electrons. The molecule has 0 bridgehead atoms. The number of benzene rings is 1. The topological polar surface area (TPSA) is 24.5 Å². The highest BCUT2D eigenvalue weighted by Crippen LogP contribution is 2.18. The van der Waals surface area contributed by atoms with E-state index in [0.717, 1.165) is 31.9 Å². The quantitative estimate of drug-likeness (QED) is 0.767. The van der Waals surface area contributed by atoms with Crippen LogP contribution >= 0.6 is 0 Å². The molecule has 0 aliphatic carbocycles. The Morgan fingerprint density at radius 3 is 2.17 bits per heavy atom. The number of ether oxygens (including phenoxy) is 1. The van der Waals surface area contributed by atoms with Crippen molar-refractivity contribution in [1.29, 1.82) is 0 Å². The Kier molecular flexibility index (Phi) is 6.76. The molecule has 1 unspecified atom stereocenters. The van der Waals surface area contributed by atoms with Gasteiger partial charge in [0.15, 0.2) is 0 Å². The van der Waals surface area contributed by atoms with E-state index >= 15 is 0 Å². The van der Waals surface area contributed by atoms with Crippen LogP contribution in [0.2, 0.25) is 0 Å². The molecule has 0 saturated heterocycles. The molecule has 0 heterocycles. The second-order valence-electron chi connectivity index (χ2n) is 4.37. The molecule has 0 fully saturated rings. The average molecular weight is 250 g/mol. The summed E-state index contributed by atoms with van der Waals surface area (Å²) in [5, 5.41) is 3.55. The molecule has 102 valence electrons. The number of nitrogens with zero attached hydrogens (tertiary/aromatic N) is 1. The van der Waals surface area contributed by atoms with Gasteiger partial charge in [0.05, 0.1) is 7.11 Å². The number of hydrogen-bond acceptors (Lipinski definition) is 3. The molecule has 1 rings (SSSR count). The van der Waals surface area contributed by atoms with E-state index in [1.807, 2.05) is 12.1 Å². The van der Waals surface area contributed by atoms with Crippen LogP contribution in [-0.2, 0) is 0 Å². The minimum atomic E-state index is 0.390. The van der Waals surface area contributed by atoms with Crippen LogP contribution in [0.5, 0.6) is 5.75 Å². The molecule has 0 amide bonds.